The molecule has 18 heavy (non-hydrogen) atoms. The van der Waals surface area contributed by atoms with Crippen LogP contribution in [-0.2, 0) is 0 Å². The summed E-state index contributed by atoms with van der Waals surface area (Å²) in [6.45, 7) is 0. The van der Waals surface area contributed by atoms with Gasteiger partial charge in [0, 0.05) is 42.1 Å². The molecule has 0 atom stereocenters. The average Bonchev–Trinajstić information content (AvgIpc) is 2.36. The number of halogens is 3. The number of rotatable bonds is 3. The van der Waals surface area contributed by atoms with Gasteiger partial charge in [-0.3, -0.25) is 0 Å². The van der Waals surface area contributed by atoms with Gasteiger partial charge in [-0.25, -0.2) is 13.6 Å². The number of nitrogens with one attached hydrogen (secondary N) is 1. The third-order valence-corrected chi connectivity index (χ3v) is 3.91. The van der Waals surface area contributed by atoms with Crippen molar-refractivity contribution in [2.75, 3.05) is 0 Å². The smallest absolute Gasteiger partial charge is 0.126 e. The molecule has 0 heterocycles. The van der Waals surface area contributed by atoms with Crippen molar-refractivity contribution in [1.82, 2.24) is 4.83 Å². The Kier molecular flexibility index (Phi) is 5.23. The third kappa shape index (κ3) is 3.81. The van der Waals surface area contributed by atoms with Crippen molar-refractivity contribution in [3.8, 4) is 0 Å². The first-order valence-corrected chi connectivity index (χ1v) is 9.09. The van der Waals surface area contributed by atoms with Crippen molar-refractivity contribution in [2.45, 2.75) is 31.6 Å². The Morgan fingerprint density at radius 1 is 1.17 bits per heavy atom. The van der Waals surface area contributed by atoms with E-state index in [4.69, 9.17) is 0 Å². The van der Waals surface area contributed by atoms with Crippen LogP contribution in [0.5, 0.6) is 0 Å². The molecule has 0 spiro atoms. The molecule has 6 heteroatoms. The molecule has 1 aromatic carbocycles. The first kappa shape index (κ1) is 14.0. The van der Waals surface area contributed by atoms with Gasteiger partial charge in [-0.1, -0.05) is 0 Å². The van der Waals surface area contributed by atoms with Crippen LogP contribution in [0.1, 0.15) is 37.2 Å². The van der Waals surface area contributed by atoms with Crippen molar-refractivity contribution >= 4 is 36.0 Å². The predicted molar refractivity (Wildman–Crippen MR) is 79.7 cm³/mol. The molecule has 1 N–H and O–H groups in total. The van der Waals surface area contributed by atoms with Gasteiger partial charge in [-0.2, -0.15) is 5.10 Å². The monoisotopic (exact) mass is 382 g/mol. The summed E-state index contributed by atoms with van der Waals surface area (Å²) >= 11 is 2.12. The lowest BCUT2D eigenvalue weighted by Crippen LogP contribution is -2.14. The van der Waals surface area contributed by atoms with E-state index in [1.807, 2.05) is 0 Å². The van der Waals surface area contributed by atoms with E-state index in [1.165, 1.54) is 21.3 Å². The van der Waals surface area contributed by atoms with Gasteiger partial charge in [0.1, 0.15) is 11.6 Å². The summed E-state index contributed by atoms with van der Waals surface area (Å²) in [6, 6.07) is 3.80. The minimum atomic E-state index is -0.493. The van der Waals surface area contributed by atoms with Crippen LogP contribution in [0.2, 0.25) is 0 Å². The van der Waals surface area contributed by atoms with E-state index >= 15 is 0 Å². The number of hydrogen-bond donors (Lipinski definition) is 1. The molecule has 1 aromatic rings. The largest absolute Gasteiger partial charge is 0.242 e. The summed E-state index contributed by atoms with van der Waals surface area (Å²) in [7, 11) is 1.43. The summed E-state index contributed by atoms with van der Waals surface area (Å²) in [4.78, 5) is 2.86. The van der Waals surface area contributed by atoms with Gasteiger partial charge in [0.15, 0.2) is 0 Å². The standard InChI is InChI=1S/C12H13F2IN2S/c13-10-5-9(6-11(14)7-10)8-1-3-12(4-2-8)16-17-18-15/h5-8,17H,1-4H2. The Balaban J connectivity index is 2.01. The summed E-state index contributed by atoms with van der Waals surface area (Å²) in [5.74, 6) is -0.749. The molecular weight excluding hydrogens is 369 g/mol. The topological polar surface area (TPSA) is 24.4 Å². The summed E-state index contributed by atoms with van der Waals surface area (Å²) in [5, 5.41) is 4.24. The number of benzene rings is 1. The fourth-order valence-electron chi connectivity index (χ4n) is 2.29. The normalized spacial score (nSPS) is 19.7. The Labute approximate surface area is 121 Å². The van der Waals surface area contributed by atoms with E-state index in [-0.39, 0.29) is 5.92 Å². The first-order chi connectivity index (χ1) is 8.69. The Morgan fingerprint density at radius 3 is 2.33 bits per heavy atom. The van der Waals surface area contributed by atoms with Crippen molar-refractivity contribution < 1.29 is 8.78 Å². The van der Waals surface area contributed by atoms with Gasteiger partial charge < -0.3 is 0 Å². The maximum Gasteiger partial charge on any atom is 0.126 e. The van der Waals surface area contributed by atoms with Crippen molar-refractivity contribution in [3.05, 3.63) is 35.4 Å². The highest BCUT2D eigenvalue weighted by atomic mass is 127. The van der Waals surface area contributed by atoms with Crippen LogP contribution >= 0.6 is 30.3 Å². The van der Waals surface area contributed by atoms with Crippen LogP contribution in [-0.4, -0.2) is 5.71 Å². The fraction of sp³-hybridized carbons (Fsp3) is 0.417. The van der Waals surface area contributed by atoms with Gasteiger partial charge >= 0.3 is 0 Å². The molecule has 0 radical (unpaired) electrons. The second-order valence-corrected chi connectivity index (χ2v) is 5.98. The number of nitrogens with zero attached hydrogens (tertiary/aromatic N) is 1. The third-order valence-electron chi connectivity index (χ3n) is 3.16. The molecule has 2 rings (SSSR count). The van der Waals surface area contributed by atoms with E-state index in [0.717, 1.165) is 43.0 Å². The summed E-state index contributed by atoms with van der Waals surface area (Å²) in [5.41, 5.74) is 1.90. The van der Waals surface area contributed by atoms with Crippen LogP contribution in [0.3, 0.4) is 0 Å². The zero-order chi connectivity index (χ0) is 13.0. The molecule has 0 unspecified atom stereocenters. The molecule has 0 amide bonds. The molecule has 1 aliphatic rings. The van der Waals surface area contributed by atoms with Gasteiger partial charge in [0.2, 0.25) is 0 Å². The summed E-state index contributed by atoms with van der Waals surface area (Å²) in [6.07, 6.45) is 3.56. The van der Waals surface area contributed by atoms with E-state index in [1.54, 1.807) is 0 Å². The van der Waals surface area contributed by atoms with Gasteiger partial charge in [0.05, 0.1) is 0 Å². The van der Waals surface area contributed by atoms with Crippen molar-refractivity contribution in [3.63, 3.8) is 0 Å². The maximum absolute atomic E-state index is 13.1. The van der Waals surface area contributed by atoms with Crippen LogP contribution in [0.4, 0.5) is 8.78 Å². The number of hydrogen-bond acceptors (Lipinski definition) is 3. The quantitative estimate of drug-likeness (QED) is 0.471. The highest BCUT2D eigenvalue weighted by Gasteiger charge is 2.20. The van der Waals surface area contributed by atoms with Crippen molar-refractivity contribution in [1.29, 1.82) is 0 Å². The molecule has 0 saturated heterocycles. The van der Waals surface area contributed by atoms with Crippen LogP contribution in [0, 0.1) is 11.6 Å². The molecule has 1 aliphatic carbocycles. The van der Waals surface area contributed by atoms with Gasteiger partial charge in [0.25, 0.3) is 0 Å². The first-order valence-electron chi connectivity index (χ1n) is 5.73. The fourth-order valence-corrected chi connectivity index (χ4v) is 2.75. The second kappa shape index (κ2) is 6.70. The molecule has 98 valence electrons. The van der Waals surface area contributed by atoms with E-state index in [0.29, 0.717) is 0 Å². The average molecular weight is 382 g/mol. The lowest BCUT2D eigenvalue weighted by atomic mass is 9.83. The van der Waals surface area contributed by atoms with E-state index in [2.05, 4.69) is 31.1 Å². The molecule has 1 saturated carbocycles. The molecular formula is C12H13F2IN2S. The minimum Gasteiger partial charge on any atom is -0.242 e. The van der Waals surface area contributed by atoms with Gasteiger partial charge in [-0.05, 0) is 49.3 Å². The predicted octanol–water partition coefficient (Wildman–Crippen LogP) is 4.57. The number of hydrazone groups is 1. The highest BCUT2D eigenvalue weighted by molar-refractivity contribution is 14.2. The Hall–Kier alpha value is -0.370. The van der Waals surface area contributed by atoms with E-state index in [9.17, 15) is 8.78 Å². The zero-order valence-electron chi connectivity index (χ0n) is 9.63. The Morgan fingerprint density at radius 2 is 1.78 bits per heavy atom. The molecule has 0 bridgehead atoms. The lowest BCUT2D eigenvalue weighted by molar-refractivity contribution is 0.540. The van der Waals surface area contributed by atoms with Gasteiger partial charge in [-0.15, -0.1) is 0 Å². The lowest BCUT2D eigenvalue weighted by Gasteiger charge is -2.23. The highest BCUT2D eigenvalue weighted by Crippen LogP contribution is 2.32. The molecule has 0 aliphatic heterocycles. The minimum absolute atomic E-state index is 0.237. The molecule has 2 nitrogen and oxygen atoms in total. The summed E-state index contributed by atoms with van der Waals surface area (Å²) < 4.78 is 26.3. The van der Waals surface area contributed by atoms with Crippen LogP contribution in [0.25, 0.3) is 0 Å². The zero-order valence-corrected chi connectivity index (χ0v) is 12.6. The molecule has 0 aromatic heterocycles. The van der Waals surface area contributed by atoms with Crippen molar-refractivity contribution in [2.24, 2.45) is 5.10 Å². The van der Waals surface area contributed by atoms with Crippen LogP contribution in [0.15, 0.2) is 23.3 Å². The SMILES string of the molecule is Fc1cc(F)cc(C2CCC(=NNSI)CC2)c1. The van der Waals surface area contributed by atoms with Crippen LogP contribution < -0.4 is 4.83 Å². The Bertz CT molecular complexity index is 423. The maximum atomic E-state index is 13.1. The van der Waals surface area contributed by atoms with E-state index < -0.39 is 11.6 Å². The molecule has 1 fully saturated rings. The second-order valence-electron chi connectivity index (χ2n) is 4.32.